The third-order valence-corrected chi connectivity index (χ3v) is 4.27. The molecule has 6 heteroatoms. The van der Waals surface area contributed by atoms with E-state index in [0.29, 0.717) is 6.54 Å². The number of amides is 1. The molecule has 1 fully saturated rings. The number of ether oxygens (including phenoxy) is 1. The Bertz CT molecular complexity index is 551. The summed E-state index contributed by atoms with van der Waals surface area (Å²) in [7, 11) is 4.03. The zero-order chi connectivity index (χ0) is 17.5. The Balaban J connectivity index is 2.02. The van der Waals surface area contributed by atoms with Crippen LogP contribution in [-0.4, -0.2) is 57.1 Å². The van der Waals surface area contributed by atoms with Gasteiger partial charge in [0.15, 0.2) is 6.61 Å². The quantitative estimate of drug-likeness (QED) is 0.768. The van der Waals surface area contributed by atoms with Gasteiger partial charge in [0.25, 0.3) is 5.91 Å². The maximum absolute atomic E-state index is 11.8. The van der Waals surface area contributed by atoms with Crippen molar-refractivity contribution in [2.75, 3.05) is 45.2 Å². The fraction of sp³-hybridized carbons (Fsp3) is 0.556. The summed E-state index contributed by atoms with van der Waals surface area (Å²) in [5.74, 6) is -0.708. The number of hydrogen-bond donors (Lipinski definition) is 1. The summed E-state index contributed by atoms with van der Waals surface area (Å²) < 4.78 is 4.74. The molecule has 0 unspecified atom stereocenters. The molecule has 0 spiro atoms. The lowest BCUT2D eigenvalue weighted by Gasteiger charge is -2.28. The fourth-order valence-electron chi connectivity index (χ4n) is 2.93. The maximum atomic E-state index is 11.8. The van der Waals surface area contributed by atoms with Gasteiger partial charge in [-0.25, -0.2) is 0 Å². The number of likely N-dealkylation sites (tertiary alicyclic amines) is 1. The van der Waals surface area contributed by atoms with E-state index in [4.69, 9.17) is 4.74 Å². The molecule has 1 amide bonds. The SMILES string of the molecule is CC(=O)OCC(=O)NC[C@H](c1ccc(N(C)C)cc1)N1CCCC1. The fourth-order valence-corrected chi connectivity index (χ4v) is 2.93. The lowest BCUT2D eigenvalue weighted by molar-refractivity contribution is -0.146. The molecule has 0 saturated carbocycles. The van der Waals surface area contributed by atoms with Crippen LogP contribution in [0.5, 0.6) is 0 Å². The monoisotopic (exact) mass is 333 g/mol. The van der Waals surface area contributed by atoms with E-state index in [0.717, 1.165) is 18.8 Å². The second-order valence-corrected chi connectivity index (χ2v) is 6.33. The molecule has 1 heterocycles. The Morgan fingerprint density at radius 3 is 2.38 bits per heavy atom. The van der Waals surface area contributed by atoms with Crippen molar-refractivity contribution in [2.24, 2.45) is 0 Å². The first-order valence-corrected chi connectivity index (χ1v) is 8.39. The average Bonchev–Trinajstić information content (AvgIpc) is 3.08. The molecule has 0 aromatic heterocycles. The van der Waals surface area contributed by atoms with Crippen molar-refractivity contribution >= 4 is 17.6 Å². The van der Waals surface area contributed by atoms with Gasteiger partial charge in [-0.05, 0) is 43.6 Å². The molecule has 1 aliphatic heterocycles. The van der Waals surface area contributed by atoms with Crippen LogP contribution in [0.1, 0.15) is 31.4 Å². The highest BCUT2D eigenvalue weighted by atomic mass is 16.5. The van der Waals surface area contributed by atoms with Crippen molar-refractivity contribution in [1.29, 1.82) is 0 Å². The molecule has 132 valence electrons. The molecule has 1 atom stereocenters. The molecule has 1 aromatic carbocycles. The van der Waals surface area contributed by atoms with E-state index in [1.165, 1.54) is 25.3 Å². The number of carbonyl (C=O) groups excluding carboxylic acids is 2. The summed E-state index contributed by atoms with van der Waals surface area (Å²) >= 11 is 0. The number of nitrogens with zero attached hydrogens (tertiary/aromatic N) is 2. The van der Waals surface area contributed by atoms with Crippen molar-refractivity contribution in [1.82, 2.24) is 10.2 Å². The van der Waals surface area contributed by atoms with Crippen LogP contribution in [0.4, 0.5) is 5.69 Å². The van der Waals surface area contributed by atoms with Crippen LogP contribution >= 0.6 is 0 Å². The third-order valence-electron chi connectivity index (χ3n) is 4.27. The summed E-state index contributed by atoms with van der Waals surface area (Å²) in [5.41, 5.74) is 2.34. The van der Waals surface area contributed by atoms with Crippen LogP contribution < -0.4 is 10.2 Å². The number of hydrogen-bond acceptors (Lipinski definition) is 5. The Morgan fingerprint density at radius 1 is 1.21 bits per heavy atom. The van der Waals surface area contributed by atoms with E-state index in [2.05, 4.69) is 39.4 Å². The van der Waals surface area contributed by atoms with Crippen molar-refractivity contribution in [2.45, 2.75) is 25.8 Å². The molecule has 1 aliphatic rings. The van der Waals surface area contributed by atoms with E-state index in [9.17, 15) is 9.59 Å². The van der Waals surface area contributed by atoms with Gasteiger partial charge < -0.3 is 15.0 Å². The van der Waals surface area contributed by atoms with Crippen molar-refractivity contribution < 1.29 is 14.3 Å². The number of esters is 1. The Labute approximate surface area is 143 Å². The second kappa shape index (κ2) is 8.68. The smallest absolute Gasteiger partial charge is 0.303 e. The lowest BCUT2D eigenvalue weighted by atomic mass is 10.0. The molecular weight excluding hydrogens is 306 g/mol. The van der Waals surface area contributed by atoms with E-state index >= 15 is 0 Å². The molecule has 1 saturated heterocycles. The summed E-state index contributed by atoms with van der Waals surface area (Å²) in [6, 6.07) is 8.58. The maximum Gasteiger partial charge on any atom is 0.303 e. The van der Waals surface area contributed by atoms with Crippen molar-refractivity contribution in [3.63, 3.8) is 0 Å². The number of benzene rings is 1. The van der Waals surface area contributed by atoms with Crippen LogP contribution in [0, 0.1) is 0 Å². The average molecular weight is 333 g/mol. The molecule has 1 aromatic rings. The molecule has 24 heavy (non-hydrogen) atoms. The summed E-state index contributed by atoms with van der Waals surface area (Å²) in [6.45, 7) is 3.68. The van der Waals surface area contributed by atoms with Gasteiger partial charge in [0.2, 0.25) is 0 Å². The Morgan fingerprint density at radius 2 is 1.83 bits per heavy atom. The van der Waals surface area contributed by atoms with Gasteiger partial charge in [0.1, 0.15) is 0 Å². The van der Waals surface area contributed by atoms with Crippen LogP contribution in [0.25, 0.3) is 0 Å². The minimum absolute atomic E-state index is 0.144. The topological polar surface area (TPSA) is 61.9 Å². The summed E-state index contributed by atoms with van der Waals surface area (Å²) in [4.78, 5) is 27.1. The molecule has 0 bridgehead atoms. The number of carbonyl (C=O) groups is 2. The second-order valence-electron chi connectivity index (χ2n) is 6.33. The lowest BCUT2D eigenvalue weighted by Crippen LogP contribution is -2.38. The highest BCUT2D eigenvalue weighted by molar-refractivity contribution is 5.79. The van der Waals surface area contributed by atoms with E-state index < -0.39 is 5.97 Å². The van der Waals surface area contributed by atoms with Crippen molar-refractivity contribution in [3.05, 3.63) is 29.8 Å². The first-order valence-electron chi connectivity index (χ1n) is 8.39. The molecule has 1 N–H and O–H groups in total. The van der Waals surface area contributed by atoms with E-state index in [1.807, 2.05) is 14.1 Å². The van der Waals surface area contributed by atoms with Gasteiger partial charge in [-0.1, -0.05) is 12.1 Å². The number of rotatable bonds is 7. The molecule has 2 rings (SSSR count). The summed E-state index contributed by atoms with van der Waals surface area (Å²) in [6.07, 6.45) is 2.38. The minimum atomic E-state index is -0.444. The minimum Gasteiger partial charge on any atom is -0.456 e. The van der Waals surface area contributed by atoms with Gasteiger partial charge in [-0.15, -0.1) is 0 Å². The first-order chi connectivity index (χ1) is 11.5. The summed E-state index contributed by atoms with van der Waals surface area (Å²) in [5, 5.41) is 2.88. The van der Waals surface area contributed by atoms with Gasteiger partial charge >= 0.3 is 5.97 Å². The molecular formula is C18H27N3O3. The predicted octanol–water partition coefficient (Wildman–Crippen LogP) is 1.57. The van der Waals surface area contributed by atoms with Crippen LogP contribution in [0.15, 0.2) is 24.3 Å². The van der Waals surface area contributed by atoms with Crippen molar-refractivity contribution in [3.8, 4) is 0 Å². The third kappa shape index (κ3) is 5.23. The standard InChI is InChI=1S/C18H27N3O3/c1-14(22)24-13-18(23)19-12-17(21-10-4-5-11-21)15-6-8-16(9-7-15)20(2)3/h6-9,17H,4-5,10-13H2,1-3H3,(H,19,23)/t17-/m1/s1. The van der Waals surface area contributed by atoms with Gasteiger partial charge in [0.05, 0.1) is 6.04 Å². The highest BCUT2D eigenvalue weighted by Gasteiger charge is 2.24. The number of nitrogens with one attached hydrogen (secondary N) is 1. The normalized spacial score (nSPS) is 15.8. The first kappa shape index (κ1) is 18.3. The zero-order valence-electron chi connectivity index (χ0n) is 14.7. The van der Waals surface area contributed by atoms with Gasteiger partial charge in [0, 0.05) is 33.3 Å². The zero-order valence-corrected chi connectivity index (χ0v) is 14.7. The van der Waals surface area contributed by atoms with E-state index in [-0.39, 0.29) is 18.6 Å². The van der Waals surface area contributed by atoms with Crippen LogP contribution in [0.3, 0.4) is 0 Å². The molecule has 0 radical (unpaired) electrons. The van der Waals surface area contributed by atoms with Gasteiger partial charge in [-0.3, -0.25) is 14.5 Å². The van der Waals surface area contributed by atoms with E-state index in [1.54, 1.807) is 0 Å². The molecule has 0 aliphatic carbocycles. The largest absolute Gasteiger partial charge is 0.456 e. The predicted molar refractivity (Wildman–Crippen MR) is 94.0 cm³/mol. The number of anilines is 1. The van der Waals surface area contributed by atoms with Gasteiger partial charge in [-0.2, -0.15) is 0 Å². The Hall–Kier alpha value is -2.08. The highest BCUT2D eigenvalue weighted by Crippen LogP contribution is 2.26. The molecule has 6 nitrogen and oxygen atoms in total. The van der Waals surface area contributed by atoms with Crippen LogP contribution in [-0.2, 0) is 14.3 Å². The Kier molecular flexibility index (Phi) is 6.61. The van der Waals surface area contributed by atoms with Crippen LogP contribution in [0.2, 0.25) is 0 Å².